The van der Waals surface area contributed by atoms with Crippen LogP contribution < -0.4 is 11.1 Å². The fourth-order valence-electron chi connectivity index (χ4n) is 1.89. The quantitative estimate of drug-likeness (QED) is 0.748. The zero-order valence-electron chi connectivity index (χ0n) is 10.9. The lowest BCUT2D eigenvalue weighted by Gasteiger charge is -2.09. The molecule has 0 aliphatic carbocycles. The molecule has 0 fully saturated rings. The molecule has 5 nitrogen and oxygen atoms in total. The largest absolute Gasteiger partial charge is 0.389 e. The van der Waals surface area contributed by atoms with E-state index in [2.05, 4.69) is 9.97 Å². The van der Waals surface area contributed by atoms with Crippen molar-refractivity contribution in [2.45, 2.75) is 25.9 Å². The van der Waals surface area contributed by atoms with Gasteiger partial charge >= 0.3 is 11.1 Å². The van der Waals surface area contributed by atoms with E-state index >= 15 is 0 Å². The molecule has 0 bridgehead atoms. The van der Waals surface area contributed by atoms with Crippen LogP contribution in [0.4, 0.5) is 0 Å². The van der Waals surface area contributed by atoms with Gasteiger partial charge in [0.1, 0.15) is 0 Å². The van der Waals surface area contributed by atoms with Gasteiger partial charge in [-0.25, -0.2) is 0 Å². The second-order valence-corrected chi connectivity index (χ2v) is 5.03. The third kappa shape index (κ3) is 3.37. The van der Waals surface area contributed by atoms with Crippen LogP contribution in [0.5, 0.6) is 0 Å². The van der Waals surface area contributed by atoms with Crippen LogP contribution in [-0.2, 0) is 12.8 Å². The van der Waals surface area contributed by atoms with Gasteiger partial charge in [0, 0.05) is 16.9 Å². The van der Waals surface area contributed by atoms with Crippen molar-refractivity contribution in [2.75, 3.05) is 0 Å². The van der Waals surface area contributed by atoms with Crippen molar-refractivity contribution in [3.8, 4) is 0 Å². The smallest absolute Gasteiger partial charge is 0.313 e. The maximum atomic E-state index is 11.2. The number of benzene rings is 1. The first-order valence-corrected chi connectivity index (χ1v) is 6.62. The highest BCUT2D eigenvalue weighted by Crippen LogP contribution is 2.22. The van der Waals surface area contributed by atoms with Gasteiger partial charge in [0.25, 0.3) is 0 Å². The van der Waals surface area contributed by atoms with E-state index in [1.54, 1.807) is 13.0 Å². The number of hydrogen-bond donors (Lipinski definition) is 3. The molecular formula is C14H15ClN2O3. The standard InChI is InChI=1S/C14H15ClN2O3/c1-8(18)10-3-2-9(12(15)6-10)4-5-11-7-16-13(19)14(20)17-11/h2-3,6-8,18H,4-5H2,1H3,(H,16,19)(H,17,20). The first kappa shape index (κ1) is 14.6. The number of H-pyrrole nitrogens is 2. The highest BCUT2D eigenvalue weighted by Gasteiger charge is 2.06. The predicted molar refractivity (Wildman–Crippen MR) is 77.2 cm³/mol. The Morgan fingerprint density at radius 3 is 2.60 bits per heavy atom. The summed E-state index contributed by atoms with van der Waals surface area (Å²) in [5, 5.41) is 10.1. The highest BCUT2D eigenvalue weighted by molar-refractivity contribution is 6.31. The fraction of sp³-hybridized carbons (Fsp3) is 0.286. The van der Waals surface area contributed by atoms with E-state index in [9.17, 15) is 14.7 Å². The monoisotopic (exact) mass is 294 g/mol. The second kappa shape index (κ2) is 6.07. The Bertz CT molecular complexity index is 719. The minimum absolute atomic E-state index is 0.555. The first-order valence-electron chi connectivity index (χ1n) is 6.24. The van der Waals surface area contributed by atoms with Gasteiger partial charge in [0.05, 0.1) is 6.10 Å². The summed E-state index contributed by atoms with van der Waals surface area (Å²) in [7, 11) is 0. The number of hydrogen-bond acceptors (Lipinski definition) is 3. The van der Waals surface area contributed by atoms with Crippen LogP contribution >= 0.6 is 11.6 Å². The summed E-state index contributed by atoms with van der Waals surface area (Å²) in [4.78, 5) is 27.0. The summed E-state index contributed by atoms with van der Waals surface area (Å²) < 4.78 is 0. The minimum atomic E-state index is -0.659. The van der Waals surface area contributed by atoms with Crippen molar-refractivity contribution in [1.82, 2.24) is 9.97 Å². The summed E-state index contributed by atoms with van der Waals surface area (Å²) in [6, 6.07) is 5.41. The van der Waals surface area contributed by atoms with Gasteiger partial charge < -0.3 is 15.1 Å². The Morgan fingerprint density at radius 2 is 2.00 bits per heavy atom. The molecule has 1 heterocycles. The summed E-state index contributed by atoms with van der Waals surface area (Å²) in [6.07, 6.45) is 2.11. The van der Waals surface area contributed by atoms with Crippen molar-refractivity contribution < 1.29 is 5.11 Å². The van der Waals surface area contributed by atoms with Gasteiger partial charge in [-0.05, 0) is 37.0 Å². The molecule has 0 saturated carbocycles. The molecule has 0 aliphatic rings. The van der Waals surface area contributed by atoms with Crippen LogP contribution in [0.2, 0.25) is 5.02 Å². The maximum absolute atomic E-state index is 11.2. The van der Waals surface area contributed by atoms with Crippen LogP contribution in [0.1, 0.15) is 29.8 Å². The first-order chi connectivity index (χ1) is 9.47. The number of nitrogens with one attached hydrogen (secondary N) is 2. The van der Waals surface area contributed by atoms with E-state index in [4.69, 9.17) is 11.6 Å². The molecule has 20 heavy (non-hydrogen) atoms. The van der Waals surface area contributed by atoms with E-state index < -0.39 is 17.2 Å². The molecule has 6 heteroatoms. The van der Waals surface area contributed by atoms with Gasteiger partial charge in [-0.15, -0.1) is 0 Å². The number of aromatic amines is 2. The van der Waals surface area contributed by atoms with Crippen molar-refractivity contribution in [3.63, 3.8) is 0 Å². The third-order valence-corrected chi connectivity index (χ3v) is 3.43. The number of aryl methyl sites for hydroxylation is 2. The van der Waals surface area contributed by atoms with Gasteiger partial charge in [0.2, 0.25) is 0 Å². The van der Waals surface area contributed by atoms with Crippen LogP contribution in [0.25, 0.3) is 0 Å². The van der Waals surface area contributed by atoms with Crippen LogP contribution in [0.15, 0.2) is 34.0 Å². The average molecular weight is 295 g/mol. The van der Waals surface area contributed by atoms with Gasteiger partial charge in [-0.3, -0.25) is 9.59 Å². The Hall–Kier alpha value is -1.85. The summed E-state index contributed by atoms with van der Waals surface area (Å²) >= 11 is 6.16. The summed E-state index contributed by atoms with van der Waals surface area (Å²) in [5.41, 5.74) is 1.01. The molecule has 1 atom stereocenters. The lowest BCUT2D eigenvalue weighted by atomic mass is 10.0. The zero-order chi connectivity index (χ0) is 14.7. The van der Waals surface area contributed by atoms with Crippen LogP contribution in [-0.4, -0.2) is 15.1 Å². The molecule has 106 valence electrons. The number of halogens is 1. The van der Waals surface area contributed by atoms with E-state index in [0.717, 1.165) is 11.1 Å². The molecule has 0 spiro atoms. The average Bonchev–Trinajstić information content (AvgIpc) is 2.41. The highest BCUT2D eigenvalue weighted by atomic mass is 35.5. The van der Waals surface area contributed by atoms with Gasteiger partial charge in [-0.1, -0.05) is 23.7 Å². The normalized spacial score (nSPS) is 12.3. The number of aliphatic hydroxyl groups excluding tert-OH is 1. The molecule has 2 aromatic rings. The molecule has 0 saturated heterocycles. The van der Waals surface area contributed by atoms with Crippen LogP contribution in [0, 0.1) is 0 Å². The van der Waals surface area contributed by atoms with Crippen molar-refractivity contribution in [2.24, 2.45) is 0 Å². The van der Waals surface area contributed by atoms with E-state index in [-0.39, 0.29) is 0 Å². The Balaban J connectivity index is 2.12. The molecule has 0 amide bonds. The third-order valence-electron chi connectivity index (χ3n) is 3.08. The van der Waals surface area contributed by atoms with E-state index in [1.807, 2.05) is 12.1 Å². The van der Waals surface area contributed by atoms with Gasteiger partial charge in [-0.2, -0.15) is 0 Å². The maximum Gasteiger partial charge on any atom is 0.313 e. The van der Waals surface area contributed by atoms with E-state index in [0.29, 0.717) is 23.6 Å². The Morgan fingerprint density at radius 1 is 1.25 bits per heavy atom. The molecular weight excluding hydrogens is 280 g/mol. The topological polar surface area (TPSA) is 85.9 Å². The van der Waals surface area contributed by atoms with Crippen molar-refractivity contribution >= 4 is 11.6 Å². The predicted octanol–water partition coefficient (Wildman–Crippen LogP) is 1.56. The minimum Gasteiger partial charge on any atom is -0.389 e. The zero-order valence-corrected chi connectivity index (χ0v) is 11.7. The lowest BCUT2D eigenvalue weighted by molar-refractivity contribution is 0.199. The van der Waals surface area contributed by atoms with Crippen molar-refractivity contribution in [1.29, 1.82) is 0 Å². The second-order valence-electron chi connectivity index (χ2n) is 4.62. The number of aromatic nitrogens is 2. The van der Waals surface area contributed by atoms with Crippen LogP contribution in [0.3, 0.4) is 0 Å². The molecule has 1 aromatic carbocycles. The SMILES string of the molecule is CC(O)c1ccc(CCc2c[nH]c(=O)c(=O)[nH]2)c(Cl)c1. The Labute approximate surface area is 120 Å². The molecule has 0 radical (unpaired) electrons. The van der Waals surface area contributed by atoms with E-state index in [1.165, 1.54) is 6.20 Å². The molecule has 3 N–H and O–H groups in total. The number of aliphatic hydroxyl groups is 1. The molecule has 1 unspecified atom stereocenters. The summed E-state index contributed by atoms with van der Waals surface area (Å²) in [5.74, 6) is 0. The van der Waals surface area contributed by atoms with Crippen molar-refractivity contribution in [3.05, 3.63) is 66.9 Å². The fourth-order valence-corrected chi connectivity index (χ4v) is 2.17. The Kier molecular flexibility index (Phi) is 4.42. The lowest BCUT2D eigenvalue weighted by Crippen LogP contribution is -2.29. The number of rotatable bonds is 4. The molecule has 0 aliphatic heterocycles. The van der Waals surface area contributed by atoms with Gasteiger partial charge in [0.15, 0.2) is 0 Å². The summed E-state index contributed by atoms with van der Waals surface area (Å²) in [6.45, 7) is 1.68. The molecule has 2 rings (SSSR count). The molecule has 1 aromatic heterocycles.